The van der Waals surface area contributed by atoms with Crippen LogP contribution in [0, 0.1) is 0 Å². The highest BCUT2D eigenvalue weighted by Crippen LogP contribution is 2.36. The van der Waals surface area contributed by atoms with Crippen molar-refractivity contribution < 1.29 is 9.47 Å². The van der Waals surface area contributed by atoms with Crippen molar-refractivity contribution in [1.29, 1.82) is 0 Å². The maximum absolute atomic E-state index is 5.24. The van der Waals surface area contributed by atoms with Crippen LogP contribution in [-0.4, -0.2) is 23.6 Å². The van der Waals surface area contributed by atoms with Gasteiger partial charge in [0.1, 0.15) is 11.5 Å². The van der Waals surface area contributed by atoms with E-state index < -0.39 is 0 Å². The molecule has 0 bridgehead atoms. The first-order valence-corrected chi connectivity index (χ1v) is 8.59. The van der Waals surface area contributed by atoms with E-state index in [4.69, 9.17) is 14.5 Å². The first-order chi connectivity index (χ1) is 12.3. The third-order valence-electron chi connectivity index (χ3n) is 4.16. The number of pyridine rings is 1. The summed E-state index contributed by atoms with van der Waals surface area (Å²) in [6.07, 6.45) is 3.81. The number of aromatic nitrogens is 2. The first-order valence-electron chi connectivity index (χ1n) is 7.82. The SMILES string of the molecule is COc1ccc(-c2ncc(-c3ccc(OC)cc3)c3sncc23)cc1. The van der Waals surface area contributed by atoms with Crippen molar-refractivity contribution in [2.24, 2.45) is 0 Å². The minimum atomic E-state index is 0.832. The fourth-order valence-corrected chi connectivity index (χ4v) is 3.60. The van der Waals surface area contributed by atoms with Crippen LogP contribution in [0.5, 0.6) is 11.5 Å². The molecule has 0 aliphatic rings. The number of hydrogen-bond acceptors (Lipinski definition) is 5. The van der Waals surface area contributed by atoms with E-state index in [2.05, 4.69) is 4.37 Å². The van der Waals surface area contributed by atoms with Gasteiger partial charge in [-0.15, -0.1) is 0 Å². The summed E-state index contributed by atoms with van der Waals surface area (Å²) in [5.74, 6) is 1.67. The summed E-state index contributed by atoms with van der Waals surface area (Å²) in [6.45, 7) is 0. The van der Waals surface area contributed by atoms with Crippen LogP contribution in [0.4, 0.5) is 0 Å². The van der Waals surface area contributed by atoms with Gasteiger partial charge in [0.2, 0.25) is 0 Å². The fourth-order valence-electron chi connectivity index (χ4n) is 2.81. The molecule has 2 aromatic heterocycles. The fraction of sp³-hybridized carbons (Fsp3) is 0.100. The standard InChI is InChI=1S/C20H16N2O2S/c1-23-15-7-3-13(4-8-15)17-11-21-19(18-12-22-25-20(17)18)14-5-9-16(24-2)10-6-14/h3-12H,1-2H3. The molecule has 0 spiro atoms. The van der Waals surface area contributed by atoms with Crippen molar-refractivity contribution in [1.82, 2.24) is 9.36 Å². The maximum Gasteiger partial charge on any atom is 0.118 e. The Bertz CT molecular complexity index is 927. The van der Waals surface area contributed by atoms with E-state index in [9.17, 15) is 0 Å². The Morgan fingerprint density at radius 3 is 1.96 bits per heavy atom. The summed E-state index contributed by atoms with van der Waals surface area (Å²) in [5.41, 5.74) is 4.16. The average Bonchev–Trinajstić information content (AvgIpc) is 3.17. The lowest BCUT2D eigenvalue weighted by atomic mass is 10.0. The highest BCUT2D eigenvalue weighted by Gasteiger charge is 2.13. The zero-order chi connectivity index (χ0) is 17.2. The Morgan fingerprint density at radius 2 is 1.36 bits per heavy atom. The Labute approximate surface area is 149 Å². The van der Waals surface area contributed by atoms with Crippen molar-refractivity contribution >= 4 is 21.6 Å². The topological polar surface area (TPSA) is 44.2 Å². The molecule has 0 fully saturated rings. The molecule has 0 aliphatic heterocycles. The van der Waals surface area contributed by atoms with Crippen LogP contribution < -0.4 is 9.47 Å². The molecule has 0 N–H and O–H groups in total. The van der Waals surface area contributed by atoms with Crippen LogP contribution in [0.3, 0.4) is 0 Å². The minimum Gasteiger partial charge on any atom is -0.497 e. The number of rotatable bonds is 4. The largest absolute Gasteiger partial charge is 0.497 e. The van der Waals surface area contributed by atoms with Gasteiger partial charge in [-0.05, 0) is 53.5 Å². The van der Waals surface area contributed by atoms with E-state index >= 15 is 0 Å². The van der Waals surface area contributed by atoms with Gasteiger partial charge in [-0.3, -0.25) is 4.98 Å². The normalized spacial score (nSPS) is 10.8. The number of nitrogens with zero attached hydrogens (tertiary/aromatic N) is 2. The minimum absolute atomic E-state index is 0.832. The smallest absolute Gasteiger partial charge is 0.118 e. The molecule has 4 nitrogen and oxygen atoms in total. The molecule has 4 rings (SSSR count). The Morgan fingerprint density at radius 1 is 0.760 bits per heavy atom. The van der Waals surface area contributed by atoms with Crippen LogP contribution in [0.2, 0.25) is 0 Å². The van der Waals surface area contributed by atoms with E-state index in [-0.39, 0.29) is 0 Å². The van der Waals surface area contributed by atoms with E-state index in [1.165, 1.54) is 11.5 Å². The molecule has 4 aromatic rings. The lowest BCUT2D eigenvalue weighted by Crippen LogP contribution is -1.89. The van der Waals surface area contributed by atoms with Gasteiger partial charge in [0.25, 0.3) is 0 Å². The number of fused-ring (bicyclic) bond motifs is 1. The molecule has 124 valence electrons. The summed E-state index contributed by atoms with van der Waals surface area (Å²) in [5, 5.41) is 1.06. The lowest BCUT2D eigenvalue weighted by molar-refractivity contribution is 0.415. The van der Waals surface area contributed by atoms with Crippen molar-refractivity contribution in [2.75, 3.05) is 14.2 Å². The highest BCUT2D eigenvalue weighted by atomic mass is 32.1. The molecule has 25 heavy (non-hydrogen) atoms. The molecule has 0 radical (unpaired) electrons. The van der Waals surface area contributed by atoms with Gasteiger partial charge in [-0.1, -0.05) is 12.1 Å². The van der Waals surface area contributed by atoms with Crippen LogP contribution >= 0.6 is 11.5 Å². The Hall–Kier alpha value is -2.92. The summed E-state index contributed by atoms with van der Waals surface area (Å²) in [7, 11) is 3.33. The van der Waals surface area contributed by atoms with Gasteiger partial charge >= 0.3 is 0 Å². The third-order valence-corrected chi connectivity index (χ3v) is 4.99. The number of hydrogen-bond donors (Lipinski definition) is 0. The lowest BCUT2D eigenvalue weighted by Gasteiger charge is -2.08. The number of ether oxygens (including phenoxy) is 2. The molecular formula is C20H16N2O2S. The average molecular weight is 348 g/mol. The second-order valence-corrected chi connectivity index (χ2v) is 6.35. The van der Waals surface area contributed by atoms with E-state index in [1.807, 2.05) is 60.9 Å². The molecule has 0 amide bonds. The second kappa shape index (κ2) is 6.53. The monoisotopic (exact) mass is 348 g/mol. The van der Waals surface area contributed by atoms with Gasteiger partial charge in [-0.2, -0.15) is 4.37 Å². The van der Waals surface area contributed by atoms with E-state index in [0.29, 0.717) is 0 Å². The second-order valence-electron chi connectivity index (χ2n) is 5.55. The summed E-state index contributed by atoms with van der Waals surface area (Å²) < 4.78 is 16.0. The Kier molecular flexibility index (Phi) is 4.07. The molecule has 0 aliphatic carbocycles. The van der Waals surface area contributed by atoms with Gasteiger partial charge in [0.15, 0.2) is 0 Å². The molecule has 0 saturated carbocycles. The predicted molar refractivity (Wildman–Crippen MR) is 101 cm³/mol. The van der Waals surface area contributed by atoms with Crippen molar-refractivity contribution in [2.45, 2.75) is 0 Å². The van der Waals surface area contributed by atoms with Crippen LogP contribution in [0.15, 0.2) is 60.9 Å². The van der Waals surface area contributed by atoms with Gasteiger partial charge in [0, 0.05) is 22.7 Å². The number of methoxy groups -OCH3 is 2. The maximum atomic E-state index is 5.24. The zero-order valence-electron chi connectivity index (χ0n) is 13.9. The third kappa shape index (κ3) is 2.83. The highest BCUT2D eigenvalue weighted by molar-refractivity contribution is 7.14. The van der Waals surface area contributed by atoms with Crippen molar-refractivity contribution in [3.63, 3.8) is 0 Å². The van der Waals surface area contributed by atoms with Crippen LogP contribution in [0.1, 0.15) is 0 Å². The van der Waals surface area contributed by atoms with Gasteiger partial charge in [-0.25, -0.2) is 0 Å². The van der Waals surface area contributed by atoms with Gasteiger partial charge in [0.05, 0.1) is 30.8 Å². The first kappa shape index (κ1) is 15.6. The van der Waals surface area contributed by atoms with Crippen LogP contribution in [-0.2, 0) is 0 Å². The number of benzene rings is 2. The quantitative estimate of drug-likeness (QED) is 0.518. The zero-order valence-corrected chi connectivity index (χ0v) is 14.7. The van der Waals surface area contributed by atoms with Crippen LogP contribution in [0.25, 0.3) is 32.5 Å². The molecule has 5 heteroatoms. The summed E-state index contributed by atoms with van der Waals surface area (Å²) >= 11 is 1.49. The molecule has 0 saturated heterocycles. The molecule has 2 aromatic carbocycles. The van der Waals surface area contributed by atoms with Crippen molar-refractivity contribution in [3.05, 3.63) is 60.9 Å². The predicted octanol–water partition coefficient (Wildman–Crippen LogP) is 5.04. The van der Waals surface area contributed by atoms with E-state index in [0.717, 1.165) is 44.0 Å². The Balaban J connectivity index is 1.82. The molecular weight excluding hydrogens is 332 g/mol. The van der Waals surface area contributed by atoms with Gasteiger partial charge < -0.3 is 9.47 Å². The summed E-state index contributed by atoms with van der Waals surface area (Å²) in [4.78, 5) is 4.72. The van der Waals surface area contributed by atoms with E-state index in [1.54, 1.807) is 14.2 Å². The summed E-state index contributed by atoms with van der Waals surface area (Å²) in [6, 6.07) is 15.9. The molecule has 0 atom stereocenters. The van der Waals surface area contributed by atoms with Crippen molar-refractivity contribution in [3.8, 4) is 33.9 Å². The molecule has 0 unspecified atom stereocenters. The molecule has 2 heterocycles.